The molecule has 1 unspecified atom stereocenters. The van der Waals surface area contributed by atoms with Crippen LogP contribution in [0, 0.1) is 0 Å². The lowest BCUT2D eigenvalue weighted by atomic mass is 10.2. The lowest BCUT2D eigenvalue weighted by Crippen LogP contribution is -2.28. The number of thioether (sulfide) groups is 1. The third-order valence-electron chi connectivity index (χ3n) is 1.66. The molecule has 2 nitrogen and oxygen atoms in total. The fourth-order valence-electron chi connectivity index (χ4n) is 0.972. The maximum atomic E-state index is 11.7. The number of hydrogen-bond acceptors (Lipinski definition) is 3. The van der Waals surface area contributed by atoms with E-state index in [1.807, 2.05) is 6.92 Å². The molecule has 0 rings (SSSR count). The highest BCUT2D eigenvalue weighted by atomic mass is 32.2. The Balaban J connectivity index is 3.27. The second-order valence-electron chi connectivity index (χ2n) is 3.02. The molecule has 0 bridgehead atoms. The first-order valence-corrected chi connectivity index (χ1v) is 5.49. The van der Waals surface area contributed by atoms with Gasteiger partial charge in [0.25, 0.3) is 0 Å². The van der Waals surface area contributed by atoms with E-state index in [9.17, 15) is 13.2 Å². The smallest absolute Gasteiger partial charge is 0.396 e. The van der Waals surface area contributed by atoms with E-state index in [4.69, 9.17) is 5.11 Å². The molecule has 0 fully saturated rings. The van der Waals surface area contributed by atoms with Crippen LogP contribution >= 0.6 is 11.8 Å². The molecular weight excluding hydrogens is 215 g/mol. The Bertz CT molecular complexity index is 143. The Labute approximate surface area is 86.3 Å². The number of rotatable bonds is 7. The van der Waals surface area contributed by atoms with Crippen LogP contribution in [-0.4, -0.2) is 35.6 Å². The summed E-state index contributed by atoms with van der Waals surface area (Å²) in [5.74, 6) is 0.0347. The van der Waals surface area contributed by atoms with Crippen molar-refractivity contribution in [2.75, 3.05) is 18.9 Å². The van der Waals surface area contributed by atoms with Crippen molar-refractivity contribution in [2.24, 2.45) is 0 Å². The van der Waals surface area contributed by atoms with Gasteiger partial charge < -0.3 is 10.4 Å². The molecule has 0 aromatic heterocycles. The van der Waals surface area contributed by atoms with E-state index in [-0.39, 0.29) is 30.2 Å². The van der Waals surface area contributed by atoms with Gasteiger partial charge in [-0.05, 0) is 31.5 Å². The first-order valence-electron chi connectivity index (χ1n) is 4.50. The van der Waals surface area contributed by atoms with Gasteiger partial charge in [0.2, 0.25) is 0 Å². The summed E-state index contributed by atoms with van der Waals surface area (Å²) in [6.45, 7) is 2.37. The number of halogens is 3. The minimum absolute atomic E-state index is 0.0125. The van der Waals surface area contributed by atoms with Crippen LogP contribution in [0.4, 0.5) is 13.2 Å². The maximum absolute atomic E-state index is 11.7. The van der Waals surface area contributed by atoms with Crippen molar-refractivity contribution in [2.45, 2.75) is 31.3 Å². The minimum Gasteiger partial charge on any atom is -0.396 e. The molecule has 0 spiro atoms. The van der Waals surface area contributed by atoms with E-state index in [2.05, 4.69) is 5.32 Å². The zero-order valence-electron chi connectivity index (χ0n) is 8.10. The van der Waals surface area contributed by atoms with Crippen molar-refractivity contribution in [1.29, 1.82) is 0 Å². The minimum atomic E-state index is -4.13. The van der Waals surface area contributed by atoms with Gasteiger partial charge in [0.1, 0.15) is 0 Å². The Hall–Kier alpha value is 0.0600. The summed E-state index contributed by atoms with van der Waals surface area (Å²) < 4.78 is 35.1. The van der Waals surface area contributed by atoms with E-state index in [0.29, 0.717) is 13.0 Å². The normalized spacial score (nSPS) is 14.4. The monoisotopic (exact) mass is 231 g/mol. The van der Waals surface area contributed by atoms with Gasteiger partial charge >= 0.3 is 5.51 Å². The molecule has 2 N–H and O–H groups in total. The highest BCUT2D eigenvalue weighted by molar-refractivity contribution is 8.00. The van der Waals surface area contributed by atoms with Crippen LogP contribution in [0.1, 0.15) is 19.8 Å². The molecule has 0 heterocycles. The highest BCUT2D eigenvalue weighted by Crippen LogP contribution is 2.29. The van der Waals surface area contributed by atoms with Crippen LogP contribution in [-0.2, 0) is 0 Å². The van der Waals surface area contributed by atoms with Gasteiger partial charge in [-0.2, -0.15) is 13.2 Å². The van der Waals surface area contributed by atoms with E-state index in [1.54, 1.807) is 0 Å². The van der Waals surface area contributed by atoms with Gasteiger partial charge in [0.05, 0.1) is 0 Å². The Morgan fingerprint density at radius 3 is 2.57 bits per heavy atom. The van der Waals surface area contributed by atoms with Crippen molar-refractivity contribution in [3.63, 3.8) is 0 Å². The lowest BCUT2D eigenvalue weighted by Gasteiger charge is -2.13. The van der Waals surface area contributed by atoms with Crippen LogP contribution in [0.15, 0.2) is 0 Å². The van der Waals surface area contributed by atoms with Gasteiger partial charge in [0, 0.05) is 24.9 Å². The SMILES string of the molecule is CC(CCCO)NCCSC(F)(F)F. The molecule has 0 saturated heterocycles. The summed E-state index contributed by atoms with van der Waals surface area (Å²) in [6, 6.07) is 0.163. The Kier molecular flexibility index (Phi) is 7.40. The number of aliphatic hydroxyl groups is 1. The van der Waals surface area contributed by atoms with Crippen molar-refractivity contribution in [3.8, 4) is 0 Å². The maximum Gasteiger partial charge on any atom is 0.441 e. The van der Waals surface area contributed by atoms with Crippen molar-refractivity contribution >= 4 is 11.8 Å². The summed E-state index contributed by atoms with van der Waals surface area (Å²) in [7, 11) is 0. The van der Waals surface area contributed by atoms with Crippen molar-refractivity contribution < 1.29 is 18.3 Å². The molecule has 0 amide bonds. The predicted molar refractivity (Wildman–Crippen MR) is 52.3 cm³/mol. The summed E-state index contributed by atoms with van der Waals surface area (Å²) in [5.41, 5.74) is -4.13. The van der Waals surface area contributed by atoms with Crippen LogP contribution in [0.2, 0.25) is 0 Å². The predicted octanol–water partition coefficient (Wildman–Crippen LogP) is 1.99. The number of nitrogens with one attached hydrogen (secondary N) is 1. The molecule has 0 aliphatic heterocycles. The molecule has 14 heavy (non-hydrogen) atoms. The summed E-state index contributed by atoms with van der Waals surface area (Å²) >= 11 is -0.0125. The summed E-state index contributed by atoms with van der Waals surface area (Å²) in [5, 5.41) is 11.5. The number of hydrogen-bond donors (Lipinski definition) is 2. The van der Waals surface area contributed by atoms with Crippen LogP contribution in [0.5, 0.6) is 0 Å². The standard InChI is InChI=1S/C8H16F3NOS/c1-7(3-2-5-13)12-4-6-14-8(9,10)11/h7,12-13H,2-6H2,1H3. The topological polar surface area (TPSA) is 32.3 Å². The van der Waals surface area contributed by atoms with E-state index < -0.39 is 5.51 Å². The first kappa shape index (κ1) is 14.1. The highest BCUT2D eigenvalue weighted by Gasteiger charge is 2.27. The molecule has 1 atom stereocenters. The molecule has 0 aliphatic carbocycles. The molecule has 0 saturated carbocycles. The number of alkyl halides is 3. The molecule has 0 aromatic rings. The van der Waals surface area contributed by atoms with Gasteiger partial charge in [0.15, 0.2) is 0 Å². The molecule has 0 radical (unpaired) electrons. The third-order valence-corrected chi connectivity index (χ3v) is 2.39. The molecular formula is C8H16F3NOS. The fraction of sp³-hybridized carbons (Fsp3) is 1.00. The average molecular weight is 231 g/mol. The van der Waals surface area contributed by atoms with Crippen molar-refractivity contribution in [3.05, 3.63) is 0 Å². The second-order valence-corrected chi connectivity index (χ2v) is 4.18. The van der Waals surface area contributed by atoms with Gasteiger partial charge in [-0.1, -0.05) is 0 Å². The summed E-state index contributed by atoms with van der Waals surface area (Å²) in [6.07, 6.45) is 1.47. The Morgan fingerprint density at radius 1 is 1.43 bits per heavy atom. The molecule has 0 aliphatic rings. The van der Waals surface area contributed by atoms with E-state index in [1.165, 1.54) is 0 Å². The fourth-order valence-corrected chi connectivity index (χ4v) is 1.42. The van der Waals surface area contributed by atoms with Crippen LogP contribution in [0.25, 0.3) is 0 Å². The molecule has 86 valence electrons. The Morgan fingerprint density at radius 2 is 2.07 bits per heavy atom. The van der Waals surface area contributed by atoms with Crippen LogP contribution < -0.4 is 5.32 Å². The first-order chi connectivity index (χ1) is 6.45. The average Bonchev–Trinajstić information content (AvgIpc) is 2.07. The van der Waals surface area contributed by atoms with Crippen molar-refractivity contribution in [1.82, 2.24) is 5.32 Å². The van der Waals surface area contributed by atoms with E-state index >= 15 is 0 Å². The molecule has 0 aromatic carbocycles. The van der Waals surface area contributed by atoms with Gasteiger partial charge in [-0.15, -0.1) is 0 Å². The second kappa shape index (κ2) is 7.36. The van der Waals surface area contributed by atoms with Gasteiger partial charge in [-0.25, -0.2) is 0 Å². The zero-order valence-corrected chi connectivity index (χ0v) is 8.92. The van der Waals surface area contributed by atoms with Gasteiger partial charge in [-0.3, -0.25) is 0 Å². The largest absolute Gasteiger partial charge is 0.441 e. The lowest BCUT2D eigenvalue weighted by molar-refractivity contribution is -0.0327. The quantitative estimate of drug-likeness (QED) is 0.657. The summed E-state index contributed by atoms with van der Waals surface area (Å²) in [4.78, 5) is 0. The third kappa shape index (κ3) is 10.1. The molecule has 6 heteroatoms. The number of aliphatic hydroxyl groups excluding tert-OH is 1. The van der Waals surface area contributed by atoms with Crippen LogP contribution in [0.3, 0.4) is 0 Å². The zero-order chi connectivity index (χ0) is 11.0. The van der Waals surface area contributed by atoms with E-state index in [0.717, 1.165) is 6.42 Å².